The van der Waals surface area contributed by atoms with Crippen LogP contribution in [0.3, 0.4) is 0 Å². The van der Waals surface area contributed by atoms with Gasteiger partial charge in [-0.2, -0.15) is 0 Å². The average molecular weight is 413 g/mol. The number of ether oxygens (including phenoxy) is 1. The number of amidine groups is 1. The Labute approximate surface area is 168 Å². The normalized spacial score (nSPS) is 12.8. The second kappa shape index (κ2) is 10.5. The zero-order valence-corrected chi connectivity index (χ0v) is 16.8. The molecule has 0 heterocycles. The summed E-state index contributed by atoms with van der Waals surface area (Å²) in [5, 5.41) is 6.45. The molecule has 0 saturated heterocycles. The molecule has 0 unspecified atom stereocenters. The van der Waals surface area contributed by atoms with Gasteiger partial charge in [-0.05, 0) is 44.9 Å². The van der Waals surface area contributed by atoms with Gasteiger partial charge in [-0.1, -0.05) is 28.9 Å². The summed E-state index contributed by atoms with van der Waals surface area (Å²) in [6.45, 7) is 5.01. The number of rotatable bonds is 8. The molecule has 154 valence electrons. The van der Waals surface area contributed by atoms with Crippen LogP contribution in [0.2, 0.25) is 5.02 Å². The largest absolute Gasteiger partial charge is 0.444 e. The van der Waals surface area contributed by atoms with Crippen molar-refractivity contribution in [3.8, 4) is 0 Å². The fourth-order valence-electron chi connectivity index (χ4n) is 2.04. The number of hydrogen-bond acceptors (Lipinski definition) is 6. The first-order valence-electron chi connectivity index (χ1n) is 8.51. The molecule has 0 aliphatic rings. The average Bonchev–Trinajstić information content (AvgIpc) is 2.54. The lowest BCUT2D eigenvalue weighted by Gasteiger charge is -2.22. The summed E-state index contributed by atoms with van der Waals surface area (Å²) in [5.41, 5.74) is 10.9. The van der Waals surface area contributed by atoms with Crippen molar-refractivity contribution in [3.63, 3.8) is 0 Å². The van der Waals surface area contributed by atoms with Crippen molar-refractivity contribution in [2.45, 2.75) is 51.7 Å². The van der Waals surface area contributed by atoms with E-state index in [1.807, 2.05) is 0 Å². The van der Waals surface area contributed by atoms with Crippen molar-refractivity contribution < 1.29 is 24.0 Å². The molecule has 0 bridgehead atoms. The van der Waals surface area contributed by atoms with E-state index < -0.39 is 29.6 Å². The van der Waals surface area contributed by atoms with Gasteiger partial charge >= 0.3 is 12.1 Å². The van der Waals surface area contributed by atoms with Crippen molar-refractivity contribution in [2.75, 3.05) is 0 Å². The monoisotopic (exact) mass is 412 g/mol. The molecular weight excluding hydrogens is 388 g/mol. The van der Waals surface area contributed by atoms with Crippen LogP contribution >= 0.6 is 11.6 Å². The van der Waals surface area contributed by atoms with E-state index in [2.05, 4.69) is 10.5 Å². The molecule has 28 heavy (non-hydrogen) atoms. The Hall–Kier alpha value is -2.81. The maximum atomic E-state index is 12.2. The summed E-state index contributed by atoms with van der Waals surface area (Å²) < 4.78 is 5.09. The minimum atomic E-state index is -1.18. The van der Waals surface area contributed by atoms with E-state index in [9.17, 15) is 14.4 Å². The number of carbonyl (C=O) groups excluding carboxylic acids is 3. The molecule has 0 radical (unpaired) electrons. The Bertz CT molecular complexity index is 746. The second-order valence-corrected chi connectivity index (χ2v) is 7.44. The van der Waals surface area contributed by atoms with Crippen LogP contribution in [0.15, 0.2) is 29.4 Å². The maximum Gasteiger partial charge on any atom is 0.408 e. The van der Waals surface area contributed by atoms with Crippen molar-refractivity contribution in [3.05, 3.63) is 34.9 Å². The van der Waals surface area contributed by atoms with Gasteiger partial charge < -0.3 is 26.4 Å². The summed E-state index contributed by atoms with van der Waals surface area (Å²) in [6, 6.07) is 5.78. The van der Waals surface area contributed by atoms with Gasteiger partial charge in [0.05, 0.1) is 0 Å². The standard InChI is InChI=1S/C18H25ClN4O5/c1-18(2,3)27-17(26)22-13(7-8-15(21)24)16(25)28-23-14(20)10-11-5-4-6-12(19)9-11/h4-6,9,13H,7-8,10H2,1-3H3,(H2,20,23)(H2,21,24)(H,22,26)/t13-/m0/s1. The van der Waals surface area contributed by atoms with E-state index in [0.717, 1.165) is 5.56 Å². The van der Waals surface area contributed by atoms with Gasteiger partial charge in [-0.25, -0.2) is 9.59 Å². The van der Waals surface area contributed by atoms with E-state index in [1.165, 1.54) is 0 Å². The molecule has 5 N–H and O–H groups in total. The van der Waals surface area contributed by atoms with Gasteiger partial charge in [0, 0.05) is 17.9 Å². The number of carbonyl (C=O) groups is 3. The Morgan fingerprint density at radius 2 is 1.93 bits per heavy atom. The number of hydrogen-bond donors (Lipinski definition) is 3. The maximum absolute atomic E-state index is 12.2. The van der Waals surface area contributed by atoms with E-state index in [4.69, 9.17) is 32.6 Å². The highest BCUT2D eigenvalue weighted by molar-refractivity contribution is 6.30. The molecule has 1 aromatic carbocycles. The number of primary amides is 1. The van der Waals surface area contributed by atoms with Crippen molar-refractivity contribution >= 4 is 35.4 Å². The number of benzene rings is 1. The highest BCUT2D eigenvalue weighted by Gasteiger charge is 2.26. The third kappa shape index (κ3) is 9.77. The van der Waals surface area contributed by atoms with E-state index in [0.29, 0.717) is 5.02 Å². The molecule has 0 saturated carbocycles. The van der Waals surface area contributed by atoms with Crippen LogP contribution in [-0.4, -0.2) is 35.4 Å². The Morgan fingerprint density at radius 3 is 2.50 bits per heavy atom. The predicted molar refractivity (Wildman–Crippen MR) is 104 cm³/mol. The van der Waals surface area contributed by atoms with E-state index in [-0.39, 0.29) is 25.1 Å². The van der Waals surface area contributed by atoms with Gasteiger partial charge in [0.15, 0.2) is 0 Å². The number of oxime groups is 1. The van der Waals surface area contributed by atoms with Crippen LogP contribution in [0.25, 0.3) is 0 Å². The zero-order chi connectivity index (χ0) is 21.3. The Balaban J connectivity index is 2.73. The molecule has 1 atom stereocenters. The molecule has 2 amide bonds. The van der Waals surface area contributed by atoms with Gasteiger partial charge in [-0.3, -0.25) is 4.79 Å². The van der Waals surface area contributed by atoms with Gasteiger partial charge in [0.1, 0.15) is 17.5 Å². The highest BCUT2D eigenvalue weighted by atomic mass is 35.5. The first kappa shape index (κ1) is 23.2. The molecule has 0 spiro atoms. The summed E-state index contributed by atoms with van der Waals surface area (Å²) in [5.74, 6) is -1.50. The molecule has 0 aliphatic heterocycles. The van der Waals surface area contributed by atoms with Crippen LogP contribution in [-0.2, 0) is 25.6 Å². The van der Waals surface area contributed by atoms with Gasteiger partial charge in [0.2, 0.25) is 5.91 Å². The van der Waals surface area contributed by atoms with Gasteiger partial charge in [-0.15, -0.1) is 0 Å². The first-order valence-corrected chi connectivity index (χ1v) is 8.89. The number of amides is 2. The number of nitrogens with one attached hydrogen (secondary N) is 1. The predicted octanol–water partition coefficient (Wildman–Crippen LogP) is 1.86. The van der Waals surface area contributed by atoms with Crippen LogP contribution in [0, 0.1) is 0 Å². The molecule has 1 aromatic rings. The van der Waals surface area contributed by atoms with Crippen LogP contribution < -0.4 is 16.8 Å². The second-order valence-electron chi connectivity index (χ2n) is 7.00. The Kier molecular flexibility index (Phi) is 8.72. The molecule has 10 heteroatoms. The first-order chi connectivity index (χ1) is 13.0. The summed E-state index contributed by atoms with van der Waals surface area (Å²) in [4.78, 5) is 39.9. The summed E-state index contributed by atoms with van der Waals surface area (Å²) in [6.07, 6.45) is -0.844. The van der Waals surface area contributed by atoms with E-state index in [1.54, 1.807) is 45.0 Å². The third-order valence-corrected chi connectivity index (χ3v) is 3.42. The lowest BCUT2D eigenvalue weighted by atomic mass is 10.1. The molecule has 0 fully saturated rings. The van der Waals surface area contributed by atoms with E-state index >= 15 is 0 Å². The quantitative estimate of drug-likeness (QED) is 0.257. The Morgan fingerprint density at radius 1 is 1.25 bits per heavy atom. The minimum absolute atomic E-state index is 0.0292. The third-order valence-electron chi connectivity index (χ3n) is 3.18. The number of nitrogens with two attached hydrogens (primary N) is 2. The fourth-order valence-corrected chi connectivity index (χ4v) is 2.25. The molecule has 0 aliphatic carbocycles. The molecule has 0 aromatic heterocycles. The van der Waals surface area contributed by atoms with Gasteiger partial charge in [0.25, 0.3) is 0 Å². The zero-order valence-electron chi connectivity index (χ0n) is 16.0. The van der Waals surface area contributed by atoms with Crippen LogP contribution in [0.1, 0.15) is 39.2 Å². The molecule has 1 rings (SSSR count). The van der Waals surface area contributed by atoms with Crippen LogP contribution in [0.5, 0.6) is 0 Å². The molecule has 9 nitrogen and oxygen atoms in total. The fraction of sp³-hybridized carbons (Fsp3) is 0.444. The van der Waals surface area contributed by atoms with Crippen molar-refractivity contribution in [1.29, 1.82) is 0 Å². The summed E-state index contributed by atoms with van der Waals surface area (Å²) >= 11 is 5.90. The number of alkyl carbamates (subject to hydrolysis) is 1. The van der Waals surface area contributed by atoms with Crippen LogP contribution in [0.4, 0.5) is 4.79 Å². The number of halogens is 1. The lowest BCUT2D eigenvalue weighted by molar-refractivity contribution is -0.146. The SMILES string of the molecule is CC(C)(C)OC(=O)N[C@@H](CCC(N)=O)C(=O)O/N=C(\N)Cc1cccc(Cl)c1. The number of nitrogens with zero attached hydrogens (tertiary/aromatic N) is 1. The lowest BCUT2D eigenvalue weighted by Crippen LogP contribution is -2.44. The smallest absolute Gasteiger partial charge is 0.408 e. The van der Waals surface area contributed by atoms with Crippen molar-refractivity contribution in [2.24, 2.45) is 16.6 Å². The highest BCUT2D eigenvalue weighted by Crippen LogP contribution is 2.11. The topological polar surface area (TPSA) is 146 Å². The minimum Gasteiger partial charge on any atom is -0.444 e. The van der Waals surface area contributed by atoms with Crippen molar-refractivity contribution in [1.82, 2.24) is 5.32 Å². The molecular formula is C18H25ClN4O5. The summed E-state index contributed by atoms with van der Waals surface area (Å²) in [7, 11) is 0.